The van der Waals surface area contributed by atoms with Crippen molar-refractivity contribution >= 4 is 33.7 Å². The van der Waals surface area contributed by atoms with Gasteiger partial charge in [-0.1, -0.05) is 47.0 Å². The van der Waals surface area contributed by atoms with Crippen LogP contribution in [0, 0.1) is 11.6 Å². The molecule has 1 aromatic heterocycles. The molecule has 2 nitrogen and oxygen atoms in total. The van der Waals surface area contributed by atoms with Crippen LogP contribution in [0.4, 0.5) is 8.78 Å². The lowest BCUT2D eigenvalue weighted by Gasteiger charge is -2.18. The van der Waals surface area contributed by atoms with Crippen molar-refractivity contribution in [3.63, 3.8) is 0 Å². The van der Waals surface area contributed by atoms with Gasteiger partial charge in [0.05, 0.1) is 11.8 Å². The van der Waals surface area contributed by atoms with E-state index in [0.29, 0.717) is 10.6 Å². The molecule has 0 saturated carbocycles. The molecule has 0 spiro atoms. The van der Waals surface area contributed by atoms with E-state index in [1.165, 1.54) is 24.3 Å². The van der Waals surface area contributed by atoms with Gasteiger partial charge in [0.1, 0.15) is 17.4 Å². The van der Waals surface area contributed by atoms with Crippen LogP contribution in [0.2, 0.25) is 5.02 Å². The fourth-order valence-corrected chi connectivity index (χ4v) is 4.51. The van der Waals surface area contributed by atoms with Gasteiger partial charge in [-0.05, 0) is 53.1 Å². The number of halogens is 3. The van der Waals surface area contributed by atoms with E-state index in [2.05, 4.69) is 4.98 Å². The third kappa shape index (κ3) is 4.17. The summed E-state index contributed by atoms with van der Waals surface area (Å²) in [4.78, 5) is 3.23. The van der Waals surface area contributed by atoms with Gasteiger partial charge in [-0.2, -0.15) is 0 Å². The smallest absolute Gasteiger partial charge is 0.132 e. The van der Waals surface area contributed by atoms with E-state index in [9.17, 15) is 13.3 Å². The maximum absolute atomic E-state index is 14.4. The van der Waals surface area contributed by atoms with Gasteiger partial charge < -0.3 is 9.54 Å². The molecule has 4 aromatic rings. The fourth-order valence-electron chi connectivity index (χ4n) is 3.72. The number of benzene rings is 3. The number of hydrogen-bond acceptors (Lipinski definition) is 1. The van der Waals surface area contributed by atoms with Crippen LogP contribution in [0.25, 0.3) is 10.9 Å². The summed E-state index contributed by atoms with van der Waals surface area (Å²) >= 11 is 4.96. The number of aromatic amines is 1. The molecule has 4 rings (SSSR count). The summed E-state index contributed by atoms with van der Waals surface area (Å²) in [5.74, 6) is -0.687. The Labute approximate surface area is 175 Å². The summed E-state index contributed by atoms with van der Waals surface area (Å²) in [6.45, 7) is 0. The second-order valence-corrected chi connectivity index (χ2v) is 8.86. The Morgan fingerprint density at radius 2 is 1.59 bits per heavy atom. The Morgan fingerprint density at radius 3 is 2.21 bits per heavy atom. The lowest BCUT2D eigenvalue weighted by molar-refractivity contribution is 0.599. The maximum atomic E-state index is 14.4. The van der Waals surface area contributed by atoms with Crippen molar-refractivity contribution in [2.24, 2.45) is 0 Å². The standard InChI is InChI=1S/C23H18ClF2NOS/c1-29(28)13-16-10-19(26)11-20-21(12-27-23(16)20)22(14-2-6-17(24)7-3-14)15-4-8-18(25)9-5-15/h2-12,22,27H,13H2,1H3. The van der Waals surface area contributed by atoms with E-state index < -0.39 is 11.2 Å². The molecule has 3 aromatic carbocycles. The molecule has 2 unspecified atom stereocenters. The molecule has 0 bridgehead atoms. The monoisotopic (exact) mass is 429 g/mol. The Morgan fingerprint density at radius 1 is 0.966 bits per heavy atom. The summed E-state index contributed by atoms with van der Waals surface area (Å²) < 4.78 is 39.7. The second-order valence-electron chi connectivity index (χ2n) is 6.99. The minimum absolute atomic E-state index is 0.247. The van der Waals surface area contributed by atoms with Crippen molar-refractivity contribution in [3.05, 3.63) is 106 Å². The molecule has 6 heteroatoms. The largest absolute Gasteiger partial charge is 0.616 e. The van der Waals surface area contributed by atoms with E-state index in [1.54, 1.807) is 30.5 Å². The third-order valence-electron chi connectivity index (χ3n) is 4.94. The SMILES string of the molecule is C[S+]([O-])Cc1cc(F)cc2c(C(c3ccc(F)cc3)c3ccc(Cl)cc3)c[nH]c12. The molecular weight excluding hydrogens is 412 g/mol. The molecule has 1 heterocycles. The van der Waals surface area contributed by atoms with Crippen LogP contribution in [-0.2, 0) is 16.9 Å². The van der Waals surface area contributed by atoms with Crippen molar-refractivity contribution in [2.75, 3.05) is 6.26 Å². The zero-order chi connectivity index (χ0) is 20.5. The van der Waals surface area contributed by atoms with Crippen LogP contribution >= 0.6 is 11.6 Å². The van der Waals surface area contributed by atoms with Gasteiger partial charge >= 0.3 is 0 Å². The van der Waals surface area contributed by atoms with E-state index in [4.69, 9.17) is 11.6 Å². The van der Waals surface area contributed by atoms with E-state index in [-0.39, 0.29) is 23.3 Å². The Hall–Kier alpha value is -2.34. The van der Waals surface area contributed by atoms with Gasteiger partial charge in [-0.15, -0.1) is 0 Å². The van der Waals surface area contributed by atoms with Crippen molar-refractivity contribution in [1.29, 1.82) is 0 Å². The molecule has 0 amide bonds. The van der Waals surface area contributed by atoms with Gasteiger partial charge in [0.2, 0.25) is 0 Å². The fraction of sp³-hybridized carbons (Fsp3) is 0.130. The van der Waals surface area contributed by atoms with Gasteiger partial charge in [0.15, 0.2) is 0 Å². The highest BCUT2D eigenvalue weighted by atomic mass is 35.5. The minimum Gasteiger partial charge on any atom is -0.616 e. The molecule has 1 N–H and O–H groups in total. The minimum atomic E-state index is -1.10. The molecule has 0 aliphatic rings. The highest BCUT2D eigenvalue weighted by molar-refractivity contribution is 7.89. The van der Waals surface area contributed by atoms with Crippen molar-refractivity contribution in [2.45, 2.75) is 11.7 Å². The van der Waals surface area contributed by atoms with Crippen molar-refractivity contribution < 1.29 is 13.3 Å². The highest BCUT2D eigenvalue weighted by Gasteiger charge is 2.22. The summed E-state index contributed by atoms with van der Waals surface area (Å²) in [5.41, 5.74) is 4.11. The summed E-state index contributed by atoms with van der Waals surface area (Å²) in [7, 11) is 0. The number of fused-ring (bicyclic) bond motifs is 1. The summed E-state index contributed by atoms with van der Waals surface area (Å²) in [5, 5.41) is 1.33. The van der Waals surface area contributed by atoms with Gasteiger partial charge in [-0.25, -0.2) is 8.78 Å². The van der Waals surface area contributed by atoms with E-state index in [0.717, 1.165) is 27.6 Å². The van der Waals surface area contributed by atoms with Crippen LogP contribution < -0.4 is 0 Å². The molecule has 0 radical (unpaired) electrons. The number of hydrogen-bond donors (Lipinski definition) is 1. The van der Waals surface area contributed by atoms with Crippen molar-refractivity contribution in [1.82, 2.24) is 4.98 Å². The molecule has 0 aliphatic carbocycles. The number of rotatable bonds is 5. The van der Waals surface area contributed by atoms with Crippen LogP contribution in [0.3, 0.4) is 0 Å². The average Bonchev–Trinajstić information content (AvgIpc) is 3.08. The van der Waals surface area contributed by atoms with Crippen molar-refractivity contribution in [3.8, 4) is 0 Å². The summed E-state index contributed by atoms with van der Waals surface area (Å²) in [6.07, 6.45) is 3.43. The van der Waals surface area contributed by atoms with E-state index >= 15 is 0 Å². The maximum Gasteiger partial charge on any atom is 0.132 e. The Kier molecular flexibility index (Phi) is 5.63. The molecule has 2 atom stereocenters. The first-order chi connectivity index (χ1) is 13.9. The zero-order valence-electron chi connectivity index (χ0n) is 15.6. The molecule has 0 fully saturated rings. The van der Waals surface area contributed by atoms with Crippen LogP contribution in [0.15, 0.2) is 66.9 Å². The molecule has 0 aliphatic heterocycles. The predicted octanol–water partition coefficient (Wildman–Crippen LogP) is 6.16. The Bertz CT molecular complexity index is 1090. The second kappa shape index (κ2) is 8.19. The van der Waals surface area contributed by atoms with E-state index in [1.807, 2.05) is 18.3 Å². The molecule has 148 valence electrons. The first kappa shape index (κ1) is 20.0. The topological polar surface area (TPSA) is 38.8 Å². The summed E-state index contributed by atoms with van der Waals surface area (Å²) in [6, 6.07) is 16.6. The highest BCUT2D eigenvalue weighted by Crippen LogP contribution is 2.38. The van der Waals surface area contributed by atoms with Crippen LogP contribution in [-0.4, -0.2) is 15.8 Å². The number of nitrogens with one attached hydrogen (secondary N) is 1. The molecular formula is C23H18ClF2NOS. The van der Waals surface area contributed by atoms with Gasteiger partial charge in [-0.3, -0.25) is 0 Å². The Balaban J connectivity index is 1.93. The van der Waals surface area contributed by atoms with Gasteiger partial charge in [0.25, 0.3) is 0 Å². The first-order valence-corrected chi connectivity index (χ1v) is 11.1. The lowest BCUT2D eigenvalue weighted by atomic mass is 9.85. The third-order valence-corrected chi connectivity index (χ3v) is 5.91. The quantitative estimate of drug-likeness (QED) is 0.379. The van der Waals surface area contributed by atoms with Crippen LogP contribution in [0.5, 0.6) is 0 Å². The van der Waals surface area contributed by atoms with Crippen LogP contribution in [0.1, 0.15) is 28.2 Å². The average molecular weight is 430 g/mol. The number of H-pyrrole nitrogens is 1. The van der Waals surface area contributed by atoms with Gasteiger partial charge in [0, 0.05) is 28.1 Å². The predicted molar refractivity (Wildman–Crippen MR) is 115 cm³/mol. The normalized spacial score (nSPS) is 13.6. The number of aromatic nitrogens is 1. The first-order valence-electron chi connectivity index (χ1n) is 9.02. The lowest BCUT2D eigenvalue weighted by Crippen LogP contribution is -2.04. The zero-order valence-corrected chi connectivity index (χ0v) is 17.2. The molecule has 0 saturated heterocycles. The molecule has 29 heavy (non-hydrogen) atoms.